The molecule has 0 radical (unpaired) electrons. The van der Waals surface area contributed by atoms with Crippen molar-refractivity contribution in [2.45, 2.75) is 38.3 Å². The summed E-state index contributed by atoms with van der Waals surface area (Å²) in [5, 5.41) is 3.21. The third kappa shape index (κ3) is 2.36. The van der Waals surface area contributed by atoms with Crippen LogP contribution in [0.1, 0.15) is 37.0 Å². The third-order valence-electron chi connectivity index (χ3n) is 5.79. The van der Waals surface area contributed by atoms with E-state index in [2.05, 4.69) is 61.3 Å². The summed E-state index contributed by atoms with van der Waals surface area (Å²) in [5.74, 6) is -0.225. The van der Waals surface area contributed by atoms with Gasteiger partial charge in [0.2, 0.25) is 5.91 Å². The minimum Gasteiger partial charge on any atom is -0.344 e. The fraction of sp³-hybridized carbons (Fsp3) is 0.318. The average molecular weight is 350 g/mol. The number of rotatable bonds is 2. The Bertz CT molecular complexity index is 901. The van der Waals surface area contributed by atoms with Crippen LogP contribution >= 0.6 is 0 Å². The molecule has 134 valence electrons. The van der Waals surface area contributed by atoms with E-state index >= 15 is 0 Å². The number of fused-ring (bicyclic) bond motifs is 3. The summed E-state index contributed by atoms with van der Waals surface area (Å²) < 4.78 is 13.9. The van der Waals surface area contributed by atoms with E-state index < -0.39 is 11.1 Å². The zero-order valence-corrected chi connectivity index (χ0v) is 15.3. The Balaban J connectivity index is 1.84. The Morgan fingerprint density at radius 2 is 1.88 bits per heavy atom. The van der Waals surface area contributed by atoms with Gasteiger partial charge in [0.15, 0.2) is 0 Å². The van der Waals surface area contributed by atoms with Crippen LogP contribution in [0.25, 0.3) is 6.08 Å². The molecule has 1 amide bonds. The minimum absolute atomic E-state index is 0.0242. The summed E-state index contributed by atoms with van der Waals surface area (Å²) in [4.78, 5) is 14.5. The zero-order chi connectivity index (χ0) is 18.5. The predicted molar refractivity (Wildman–Crippen MR) is 102 cm³/mol. The Morgan fingerprint density at radius 1 is 1.15 bits per heavy atom. The van der Waals surface area contributed by atoms with Crippen molar-refractivity contribution in [2.75, 3.05) is 11.4 Å². The van der Waals surface area contributed by atoms with Gasteiger partial charge in [-0.1, -0.05) is 49.8 Å². The van der Waals surface area contributed by atoms with Crippen molar-refractivity contribution < 1.29 is 9.18 Å². The maximum Gasteiger partial charge on any atom is 0.223 e. The van der Waals surface area contributed by atoms with Crippen LogP contribution in [0, 0.1) is 12.7 Å². The van der Waals surface area contributed by atoms with E-state index in [9.17, 15) is 9.18 Å². The maximum absolute atomic E-state index is 13.9. The number of halogens is 1. The second-order valence-electron chi connectivity index (χ2n) is 7.75. The molecule has 4 rings (SSSR count). The van der Waals surface area contributed by atoms with Crippen LogP contribution in [0.2, 0.25) is 0 Å². The largest absolute Gasteiger partial charge is 0.344 e. The molecule has 4 heteroatoms. The van der Waals surface area contributed by atoms with Crippen LogP contribution in [0.5, 0.6) is 0 Å². The van der Waals surface area contributed by atoms with Gasteiger partial charge in [0.25, 0.3) is 0 Å². The van der Waals surface area contributed by atoms with Crippen LogP contribution < -0.4 is 10.2 Å². The lowest BCUT2D eigenvalue weighted by atomic mass is 9.74. The van der Waals surface area contributed by atoms with E-state index in [4.69, 9.17) is 0 Å². The van der Waals surface area contributed by atoms with E-state index in [1.54, 1.807) is 6.07 Å². The molecule has 3 nitrogen and oxygen atoms in total. The number of aryl methyl sites for hydroxylation is 1. The number of amides is 1. The quantitative estimate of drug-likeness (QED) is 0.882. The van der Waals surface area contributed by atoms with Gasteiger partial charge in [0.05, 0.1) is 0 Å². The molecule has 2 aromatic rings. The van der Waals surface area contributed by atoms with Gasteiger partial charge >= 0.3 is 0 Å². The van der Waals surface area contributed by atoms with Crippen molar-refractivity contribution in [1.82, 2.24) is 5.32 Å². The number of carbonyl (C=O) groups is 1. The smallest absolute Gasteiger partial charge is 0.223 e. The second-order valence-corrected chi connectivity index (χ2v) is 7.75. The van der Waals surface area contributed by atoms with E-state index in [0.717, 1.165) is 16.8 Å². The van der Waals surface area contributed by atoms with Crippen LogP contribution in [0.3, 0.4) is 0 Å². The Kier molecular flexibility index (Phi) is 3.69. The first-order valence-electron chi connectivity index (χ1n) is 8.98. The first-order chi connectivity index (χ1) is 12.3. The van der Waals surface area contributed by atoms with Gasteiger partial charge in [-0.2, -0.15) is 0 Å². The molecule has 0 unspecified atom stereocenters. The zero-order valence-electron chi connectivity index (χ0n) is 15.3. The summed E-state index contributed by atoms with van der Waals surface area (Å²) in [5.41, 5.74) is 3.02. The molecule has 1 atom stereocenters. The first-order valence-corrected chi connectivity index (χ1v) is 8.98. The molecule has 0 aliphatic carbocycles. The van der Waals surface area contributed by atoms with E-state index in [-0.39, 0.29) is 11.7 Å². The van der Waals surface area contributed by atoms with Crippen LogP contribution in [0.15, 0.2) is 48.5 Å². The number of nitrogens with one attached hydrogen (secondary N) is 1. The molecule has 2 heterocycles. The highest BCUT2D eigenvalue weighted by atomic mass is 19.1. The van der Waals surface area contributed by atoms with Crippen LogP contribution in [-0.2, 0) is 10.2 Å². The van der Waals surface area contributed by atoms with E-state index in [0.29, 0.717) is 13.0 Å². The molecule has 0 bridgehead atoms. The van der Waals surface area contributed by atoms with E-state index in [1.807, 2.05) is 12.1 Å². The molecular formula is C22H23FN2O. The topological polar surface area (TPSA) is 32.3 Å². The Hall–Kier alpha value is -2.62. The lowest BCUT2D eigenvalue weighted by Gasteiger charge is -2.49. The minimum atomic E-state index is -0.705. The lowest BCUT2D eigenvalue weighted by Crippen LogP contribution is -2.68. The normalized spacial score (nSPS) is 23.7. The monoisotopic (exact) mass is 350 g/mol. The second kappa shape index (κ2) is 5.70. The molecule has 2 aliphatic heterocycles. The maximum atomic E-state index is 13.9. The Labute approximate surface area is 153 Å². The van der Waals surface area contributed by atoms with Gasteiger partial charge in [0.1, 0.15) is 11.5 Å². The van der Waals surface area contributed by atoms with Crippen molar-refractivity contribution in [3.8, 4) is 0 Å². The molecule has 0 aromatic heterocycles. The third-order valence-corrected chi connectivity index (χ3v) is 5.79. The fourth-order valence-corrected chi connectivity index (χ4v) is 4.22. The van der Waals surface area contributed by atoms with Gasteiger partial charge in [0, 0.05) is 24.1 Å². The lowest BCUT2D eigenvalue weighted by molar-refractivity contribution is -0.124. The summed E-state index contributed by atoms with van der Waals surface area (Å²) in [6.07, 6.45) is 4.54. The summed E-state index contributed by atoms with van der Waals surface area (Å²) in [6.45, 7) is 6.80. The van der Waals surface area contributed by atoms with Crippen LogP contribution in [0.4, 0.5) is 10.1 Å². The molecule has 2 aliphatic rings. The van der Waals surface area contributed by atoms with Gasteiger partial charge in [-0.25, -0.2) is 4.39 Å². The van der Waals surface area contributed by atoms with Crippen molar-refractivity contribution in [3.63, 3.8) is 0 Å². The standard InChI is InChI=1S/C22H23FN2O/c1-15-4-6-16(7-5-15)10-12-22-21(2,3)18-14-17(23)8-9-19(18)25(22)13-11-20(26)24-22/h4-10,12,14H,11,13H2,1-3H3,(H,24,26)/b12-10+/t22-/m1/s1. The van der Waals surface area contributed by atoms with E-state index in [1.165, 1.54) is 11.6 Å². The van der Waals surface area contributed by atoms with Gasteiger partial charge in [-0.15, -0.1) is 0 Å². The predicted octanol–water partition coefficient (Wildman–Crippen LogP) is 4.16. The number of benzene rings is 2. The van der Waals surface area contributed by atoms with Crippen LogP contribution in [-0.4, -0.2) is 18.1 Å². The molecule has 1 fully saturated rings. The summed E-state index contributed by atoms with van der Waals surface area (Å²) in [7, 11) is 0. The molecule has 1 N–H and O–H groups in total. The number of anilines is 1. The first kappa shape index (κ1) is 16.8. The van der Waals surface area contributed by atoms with Gasteiger partial charge in [-0.05, 0) is 42.3 Å². The summed E-state index contributed by atoms with van der Waals surface area (Å²) in [6, 6.07) is 13.2. The van der Waals surface area contributed by atoms with Crippen molar-refractivity contribution in [1.29, 1.82) is 0 Å². The molecule has 0 spiro atoms. The molecule has 2 aromatic carbocycles. The molecule has 0 saturated carbocycles. The van der Waals surface area contributed by atoms with Gasteiger partial charge < -0.3 is 10.2 Å². The highest BCUT2D eigenvalue weighted by Crippen LogP contribution is 2.52. The summed E-state index contributed by atoms with van der Waals surface area (Å²) >= 11 is 0. The highest BCUT2D eigenvalue weighted by molar-refractivity contribution is 5.84. The number of nitrogens with zero attached hydrogens (tertiary/aromatic N) is 1. The number of hydrogen-bond acceptors (Lipinski definition) is 2. The number of hydrogen-bond donors (Lipinski definition) is 1. The number of carbonyl (C=O) groups excluding carboxylic acids is 1. The SMILES string of the molecule is Cc1ccc(/C=C/[C@@]23NC(=O)CCN2c2ccc(F)cc2C3(C)C)cc1. The fourth-order valence-electron chi connectivity index (χ4n) is 4.22. The van der Waals surface area contributed by atoms with Gasteiger partial charge in [-0.3, -0.25) is 4.79 Å². The molecule has 1 saturated heterocycles. The Morgan fingerprint density at radius 3 is 2.62 bits per heavy atom. The van der Waals surface area contributed by atoms with Crippen molar-refractivity contribution in [2.24, 2.45) is 0 Å². The highest BCUT2D eigenvalue weighted by Gasteiger charge is 2.57. The average Bonchev–Trinajstić information content (AvgIpc) is 2.79. The van der Waals surface area contributed by atoms with Crippen molar-refractivity contribution >= 4 is 17.7 Å². The molecular weight excluding hydrogens is 327 g/mol. The molecule has 26 heavy (non-hydrogen) atoms. The van der Waals surface area contributed by atoms with Crippen molar-refractivity contribution in [3.05, 3.63) is 71.0 Å².